The Balaban J connectivity index is 2.08. The van der Waals surface area contributed by atoms with Crippen LogP contribution in [0.15, 0.2) is 18.3 Å². The first kappa shape index (κ1) is 10.5. The summed E-state index contributed by atoms with van der Waals surface area (Å²) in [5, 5.41) is 3.50. The van der Waals surface area contributed by atoms with Gasteiger partial charge in [-0.2, -0.15) is 11.8 Å². The summed E-state index contributed by atoms with van der Waals surface area (Å²) >= 11 is 4.32. The van der Waals surface area contributed by atoms with E-state index in [1.807, 2.05) is 24.0 Å². The zero-order valence-corrected chi connectivity index (χ0v) is 11.2. The zero-order valence-electron chi connectivity index (χ0n) is 8.25. The van der Waals surface area contributed by atoms with Crippen LogP contribution in [-0.4, -0.2) is 21.5 Å². The molecule has 2 nitrogen and oxygen atoms in total. The van der Waals surface area contributed by atoms with Crippen molar-refractivity contribution in [3.05, 3.63) is 21.9 Å². The molecule has 1 saturated heterocycles. The van der Waals surface area contributed by atoms with Crippen LogP contribution < -0.4 is 5.32 Å². The van der Waals surface area contributed by atoms with E-state index in [1.165, 1.54) is 9.32 Å². The van der Waals surface area contributed by atoms with Gasteiger partial charge in [-0.1, -0.05) is 0 Å². The fourth-order valence-electron chi connectivity index (χ4n) is 1.37. The number of halogens is 1. The SMILES string of the molecule is CC1(C)SCC1Nc1ncccc1I. The lowest BCUT2D eigenvalue weighted by Crippen LogP contribution is -2.50. The van der Waals surface area contributed by atoms with Crippen molar-refractivity contribution in [3.63, 3.8) is 0 Å². The molecule has 1 N–H and O–H groups in total. The average molecular weight is 320 g/mol. The third-order valence-corrected chi connectivity index (χ3v) is 4.93. The molecule has 1 fully saturated rings. The number of hydrogen-bond donors (Lipinski definition) is 1. The van der Waals surface area contributed by atoms with E-state index in [0.29, 0.717) is 10.8 Å². The minimum absolute atomic E-state index is 0.348. The molecular formula is C10H13IN2S. The van der Waals surface area contributed by atoms with E-state index in [0.717, 1.165) is 5.82 Å². The molecule has 0 saturated carbocycles. The van der Waals surface area contributed by atoms with Crippen molar-refractivity contribution in [2.24, 2.45) is 0 Å². The zero-order chi connectivity index (χ0) is 10.2. The molecule has 2 heterocycles. The second-order valence-corrected chi connectivity index (χ2v) is 6.78. The van der Waals surface area contributed by atoms with Crippen LogP contribution in [0.2, 0.25) is 0 Å². The molecule has 2 rings (SSSR count). The van der Waals surface area contributed by atoms with Crippen LogP contribution in [0.4, 0.5) is 5.82 Å². The van der Waals surface area contributed by atoms with Crippen molar-refractivity contribution < 1.29 is 0 Å². The van der Waals surface area contributed by atoms with E-state index in [2.05, 4.69) is 52.8 Å². The second kappa shape index (κ2) is 3.89. The van der Waals surface area contributed by atoms with Crippen LogP contribution >= 0.6 is 34.4 Å². The number of thioether (sulfide) groups is 1. The molecule has 0 aliphatic carbocycles. The number of aromatic nitrogens is 1. The van der Waals surface area contributed by atoms with Crippen molar-refractivity contribution in [3.8, 4) is 0 Å². The predicted octanol–water partition coefficient (Wildman–Crippen LogP) is 2.99. The molecule has 1 aromatic heterocycles. The summed E-state index contributed by atoms with van der Waals surface area (Å²) < 4.78 is 1.54. The van der Waals surface area contributed by atoms with Crippen molar-refractivity contribution in [1.82, 2.24) is 4.98 Å². The molecule has 1 atom stereocenters. The highest BCUT2D eigenvalue weighted by Gasteiger charge is 2.39. The minimum atomic E-state index is 0.348. The maximum absolute atomic E-state index is 4.34. The number of anilines is 1. The van der Waals surface area contributed by atoms with Crippen LogP contribution in [0.3, 0.4) is 0 Å². The molecule has 0 spiro atoms. The Labute approximate surface area is 102 Å². The molecule has 1 aliphatic rings. The topological polar surface area (TPSA) is 24.9 Å². The Morgan fingerprint density at radius 1 is 1.64 bits per heavy atom. The molecule has 76 valence electrons. The van der Waals surface area contributed by atoms with Crippen LogP contribution in [-0.2, 0) is 0 Å². The van der Waals surface area contributed by atoms with Gasteiger partial charge in [0.1, 0.15) is 5.82 Å². The molecule has 14 heavy (non-hydrogen) atoms. The molecule has 1 aliphatic heterocycles. The molecule has 0 amide bonds. The standard InChI is InChI=1S/C10H13IN2S/c1-10(2)8(6-14-10)13-9-7(11)4-3-5-12-9/h3-5,8H,6H2,1-2H3,(H,12,13). The van der Waals surface area contributed by atoms with Gasteiger partial charge in [-0.15, -0.1) is 0 Å². The first-order valence-electron chi connectivity index (χ1n) is 4.60. The highest BCUT2D eigenvalue weighted by atomic mass is 127. The van der Waals surface area contributed by atoms with Gasteiger partial charge in [0.05, 0.1) is 9.61 Å². The number of nitrogens with one attached hydrogen (secondary N) is 1. The van der Waals surface area contributed by atoms with Gasteiger partial charge in [0.15, 0.2) is 0 Å². The van der Waals surface area contributed by atoms with Crippen LogP contribution in [0.25, 0.3) is 0 Å². The quantitative estimate of drug-likeness (QED) is 0.848. The largest absolute Gasteiger partial charge is 0.364 e. The lowest BCUT2D eigenvalue weighted by atomic mass is 10.0. The first-order valence-corrected chi connectivity index (χ1v) is 6.67. The fraction of sp³-hybridized carbons (Fsp3) is 0.500. The van der Waals surface area contributed by atoms with E-state index < -0.39 is 0 Å². The Hall–Kier alpha value is 0.0300. The summed E-state index contributed by atoms with van der Waals surface area (Å²) in [7, 11) is 0. The summed E-state index contributed by atoms with van der Waals surface area (Å²) in [6.45, 7) is 4.54. The number of rotatable bonds is 2. The maximum atomic E-state index is 4.34. The van der Waals surface area contributed by atoms with Gasteiger partial charge < -0.3 is 5.32 Å². The molecule has 0 bridgehead atoms. The fourth-order valence-corrected chi connectivity index (χ4v) is 3.02. The Morgan fingerprint density at radius 3 is 2.93 bits per heavy atom. The van der Waals surface area contributed by atoms with E-state index in [1.54, 1.807) is 0 Å². The Bertz CT molecular complexity index is 341. The highest BCUT2D eigenvalue weighted by Crippen LogP contribution is 2.41. The summed E-state index contributed by atoms with van der Waals surface area (Å²) in [6.07, 6.45) is 1.84. The third kappa shape index (κ3) is 2.00. The Kier molecular flexibility index (Phi) is 2.93. The Morgan fingerprint density at radius 2 is 2.43 bits per heavy atom. The molecule has 0 aromatic carbocycles. The molecule has 1 aromatic rings. The molecule has 1 unspecified atom stereocenters. The summed E-state index contributed by atoms with van der Waals surface area (Å²) in [5.74, 6) is 2.20. The summed E-state index contributed by atoms with van der Waals surface area (Å²) in [4.78, 5) is 4.34. The third-order valence-electron chi connectivity index (χ3n) is 2.53. The molecular weight excluding hydrogens is 307 g/mol. The van der Waals surface area contributed by atoms with Gasteiger partial charge in [-0.05, 0) is 48.6 Å². The van der Waals surface area contributed by atoms with Crippen molar-refractivity contribution in [2.45, 2.75) is 24.6 Å². The van der Waals surface area contributed by atoms with Gasteiger partial charge in [0, 0.05) is 16.7 Å². The lowest BCUT2D eigenvalue weighted by molar-refractivity contribution is 0.574. The minimum Gasteiger partial charge on any atom is -0.364 e. The average Bonchev–Trinajstić information content (AvgIpc) is 2.15. The second-order valence-electron chi connectivity index (χ2n) is 3.95. The van der Waals surface area contributed by atoms with Gasteiger partial charge in [0.25, 0.3) is 0 Å². The maximum Gasteiger partial charge on any atom is 0.139 e. The van der Waals surface area contributed by atoms with Gasteiger partial charge in [-0.25, -0.2) is 4.98 Å². The lowest BCUT2D eigenvalue weighted by Gasteiger charge is -2.44. The van der Waals surface area contributed by atoms with Crippen molar-refractivity contribution >= 4 is 40.2 Å². The highest BCUT2D eigenvalue weighted by molar-refractivity contribution is 14.1. The normalized spacial score (nSPS) is 24.1. The number of nitrogens with zero attached hydrogens (tertiary/aromatic N) is 1. The molecule has 4 heteroatoms. The smallest absolute Gasteiger partial charge is 0.139 e. The monoisotopic (exact) mass is 320 g/mol. The number of hydrogen-bond acceptors (Lipinski definition) is 3. The van der Waals surface area contributed by atoms with Gasteiger partial charge in [-0.3, -0.25) is 0 Å². The predicted molar refractivity (Wildman–Crippen MR) is 70.9 cm³/mol. The van der Waals surface area contributed by atoms with Crippen molar-refractivity contribution in [2.75, 3.05) is 11.1 Å². The summed E-state index contributed by atoms with van der Waals surface area (Å²) in [5.41, 5.74) is 0. The van der Waals surface area contributed by atoms with E-state index in [9.17, 15) is 0 Å². The van der Waals surface area contributed by atoms with E-state index in [-0.39, 0.29) is 0 Å². The van der Waals surface area contributed by atoms with Gasteiger partial charge in [0.2, 0.25) is 0 Å². The van der Waals surface area contributed by atoms with Crippen molar-refractivity contribution in [1.29, 1.82) is 0 Å². The van der Waals surface area contributed by atoms with Crippen LogP contribution in [0, 0.1) is 3.57 Å². The van der Waals surface area contributed by atoms with Gasteiger partial charge >= 0.3 is 0 Å². The van der Waals surface area contributed by atoms with E-state index >= 15 is 0 Å². The number of pyridine rings is 1. The summed E-state index contributed by atoms with van der Waals surface area (Å²) in [6, 6.07) is 4.60. The van der Waals surface area contributed by atoms with Crippen LogP contribution in [0.5, 0.6) is 0 Å². The molecule has 0 radical (unpaired) electrons. The van der Waals surface area contributed by atoms with E-state index in [4.69, 9.17) is 0 Å². The van der Waals surface area contributed by atoms with Crippen LogP contribution in [0.1, 0.15) is 13.8 Å². The first-order chi connectivity index (χ1) is 6.59.